The third-order valence-electron chi connectivity index (χ3n) is 6.53. The van der Waals surface area contributed by atoms with Crippen LogP contribution in [0.25, 0.3) is 11.1 Å². The molecule has 164 valence electrons. The highest BCUT2D eigenvalue weighted by Gasteiger charge is 2.27. The van der Waals surface area contributed by atoms with Crippen LogP contribution in [-0.4, -0.2) is 20.1 Å². The summed E-state index contributed by atoms with van der Waals surface area (Å²) in [5.74, 6) is 1.85. The van der Waals surface area contributed by atoms with E-state index in [1.165, 1.54) is 31.2 Å². The lowest BCUT2D eigenvalue weighted by atomic mass is 9.87. The zero-order chi connectivity index (χ0) is 22.1. The zero-order valence-electron chi connectivity index (χ0n) is 18.4. The number of hydrogen-bond donors (Lipinski definition) is 1. The Morgan fingerprint density at radius 2 is 1.75 bits per heavy atom. The van der Waals surface area contributed by atoms with Crippen LogP contribution in [0.1, 0.15) is 59.6 Å². The van der Waals surface area contributed by atoms with Gasteiger partial charge in [-0.2, -0.15) is 0 Å². The number of methoxy groups -OCH3 is 2. The van der Waals surface area contributed by atoms with Gasteiger partial charge in [0.15, 0.2) is 11.5 Å². The first-order valence-electron chi connectivity index (χ1n) is 11.1. The molecule has 0 unspecified atom stereocenters. The summed E-state index contributed by atoms with van der Waals surface area (Å²) >= 11 is 1.67. The van der Waals surface area contributed by atoms with E-state index in [1.807, 2.05) is 18.2 Å². The van der Waals surface area contributed by atoms with Gasteiger partial charge in [-0.15, -0.1) is 11.3 Å². The average molecular weight is 446 g/mol. The van der Waals surface area contributed by atoms with Crippen molar-refractivity contribution in [2.75, 3.05) is 19.5 Å². The number of fused-ring (bicyclic) bond motifs is 1. The summed E-state index contributed by atoms with van der Waals surface area (Å²) < 4.78 is 11.1. The van der Waals surface area contributed by atoms with Crippen LogP contribution in [-0.2, 0) is 4.79 Å². The predicted octanol–water partition coefficient (Wildman–Crippen LogP) is 6.72. The summed E-state index contributed by atoms with van der Waals surface area (Å²) in [5.41, 5.74) is 6.38. The van der Waals surface area contributed by atoms with E-state index >= 15 is 0 Å². The fraction of sp³-hybridized carbons (Fsp3) is 0.296. The molecular weight excluding hydrogens is 418 g/mol. The van der Waals surface area contributed by atoms with Crippen LogP contribution in [0, 0.1) is 0 Å². The van der Waals surface area contributed by atoms with Gasteiger partial charge in [0.25, 0.3) is 0 Å². The molecule has 5 rings (SSSR count). The standard InChI is InChI=1S/C27H27NO3S/c1-30-23-14-20-22(16-24(23)31-2)28-26(29)15-21(25-11-6-12-32-25)27(20)19-10-5-9-18(13-19)17-7-3-4-8-17/h5-6,9-14,16-17H,3-4,7-8,15H2,1-2H3,(H,28,29). The molecule has 1 aliphatic carbocycles. The van der Waals surface area contributed by atoms with Gasteiger partial charge in [-0.1, -0.05) is 43.2 Å². The molecular formula is C27H27NO3S. The van der Waals surface area contributed by atoms with Crippen LogP contribution >= 0.6 is 11.3 Å². The normalized spacial score (nSPS) is 16.5. The number of anilines is 1. The monoisotopic (exact) mass is 445 g/mol. The number of carbonyl (C=O) groups is 1. The molecule has 2 aromatic carbocycles. The lowest BCUT2D eigenvalue weighted by Gasteiger charge is -2.19. The Labute approximate surface area is 192 Å². The Balaban J connectivity index is 1.77. The molecule has 1 N–H and O–H groups in total. The summed E-state index contributed by atoms with van der Waals surface area (Å²) in [6.07, 6.45) is 5.43. The van der Waals surface area contributed by atoms with Crippen molar-refractivity contribution in [3.63, 3.8) is 0 Å². The van der Waals surface area contributed by atoms with E-state index in [0.717, 1.165) is 32.8 Å². The van der Waals surface area contributed by atoms with Crippen molar-refractivity contribution in [1.29, 1.82) is 0 Å². The zero-order valence-corrected chi connectivity index (χ0v) is 19.3. The smallest absolute Gasteiger partial charge is 0.228 e. The Kier molecular flexibility index (Phi) is 5.75. The van der Waals surface area contributed by atoms with E-state index in [9.17, 15) is 4.79 Å². The van der Waals surface area contributed by atoms with Crippen molar-refractivity contribution in [3.8, 4) is 11.5 Å². The number of rotatable bonds is 5. The van der Waals surface area contributed by atoms with E-state index in [2.05, 4.69) is 41.0 Å². The number of amides is 1. The van der Waals surface area contributed by atoms with Crippen LogP contribution in [0.4, 0.5) is 5.69 Å². The Hall–Kier alpha value is -3.05. The van der Waals surface area contributed by atoms with Crippen molar-refractivity contribution in [2.45, 2.75) is 38.0 Å². The molecule has 1 saturated carbocycles. The van der Waals surface area contributed by atoms with Gasteiger partial charge in [-0.05, 0) is 58.5 Å². The quantitative estimate of drug-likeness (QED) is 0.474. The van der Waals surface area contributed by atoms with E-state index in [0.29, 0.717) is 23.8 Å². The minimum absolute atomic E-state index is 0.0242. The maximum atomic E-state index is 12.9. The second-order valence-corrected chi connectivity index (χ2v) is 9.36. The molecule has 5 heteroatoms. The van der Waals surface area contributed by atoms with E-state index in [1.54, 1.807) is 25.6 Å². The first-order chi connectivity index (χ1) is 15.7. The minimum atomic E-state index is -0.0242. The van der Waals surface area contributed by atoms with Crippen molar-refractivity contribution >= 4 is 34.1 Å². The first kappa shape index (κ1) is 20.8. The van der Waals surface area contributed by atoms with Crippen LogP contribution in [0.5, 0.6) is 11.5 Å². The minimum Gasteiger partial charge on any atom is -0.493 e. The van der Waals surface area contributed by atoms with Crippen molar-refractivity contribution < 1.29 is 14.3 Å². The number of hydrogen-bond acceptors (Lipinski definition) is 4. The molecule has 0 spiro atoms. The molecule has 1 aromatic heterocycles. The second kappa shape index (κ2) is 8.83. The summed E-state index contributed by atoms with van der Waals surface area (Å²) in [4.78, 5) is 14.1. The third-order valence-corrected chi connectivity index (χ3v) is 7.46. The average Bonchev–Trinajstić information content (AvgIpc) is 3.52. The van der Waals surface area contributed by atoms with Gasteiger partial charge in [0.05, 0.1) is 26.3 Å². The van der Waals surface area contributed by atoms with E-state index in [4.69, 9.17) is 9.47 Å². The summed E-state index contributed by atoms with van der Waals surface area (Å²) in [6.45, 7) is 0. The number of carbonyl (C=O) groups excluding carboxylic acids is 1. The Morgan fingerprint density at radius 1 is 0.969 bits per heavy atom. The third kappa shape index (κ3) is 3.82. The van der Waals surface area contributed by atoms with Gasteiger partial charge < -0.3 is 14.8 Å². The molecule has 0 atom stereocenters. The van der Waals surface area contributed by atoms with Gasteiger partial charge in [0.2, 0.25) is 5.91 Å². The van der Waals surface area contributed by atoms with Crippen LogP contribution < -0.4 is 14.8 Å². The van der Waals surface area contributed by atoms with E-state index < -0.39 is 0 Å². The largest absolute Gasteiger partial charge is 0.493 e. The van der Waals surface area contributed by atoms with Gasteiger partial charge in [-0.25, -0.2) is 0 Å². The number of thiophene rings is 1. The van der Waals surface area contributed by atoms with Gasteiger partial charge in [-0.3, -0.25) is 4.79 Å². The molecule has 0 radical (unpaired) electrons. The molecule has 1 fully saturated rings. The highest BCUT2D eigenvalue weighted by atomic mass is 32.1. The Bertz CT molecular complexity index is 1170. The van der Waals surface area contributed by atoms with Crippen molar-refractivity contribution in [2.24, 2.45) is 0 Å². The molecule has 2 aliphatic rings. The van der Waals surface area contributed by atoms with Crippen LogP contribution in [0.2, 0.25) is 0 Å². The molecule has 0 bridgehead atoms. The maximum absolute atomic E-state index is 12.9. The van der Waals surface area contributed by atoms with Crippen LogP contribution in [0.15, 0.2) is 53.9 Å². The first-order valence-corrected chi connectivity index (χ1v) is 12.0. The summed E-state index contributed by atoms with van der Waals surface area (Å²) in [6, 6.07) is 16.9. The highest BCUT2D eigenvalue weighted by Crippen LogP contribution is 2.46. The number of ether oxygens (including phenoxy) is 2. The maximum Gasteiger partial charge on any atom is 0.228 e. The van der Waals surface area contributed by atoms with Gasteiger partial charge >= 0.3 is 0 Å². The lowest BCUT2D eigenvalue weighted by molar-refractivity contribution is -0.115. The topological polar surface area (TPSA) is 47.6 Å². The molecule has 0 saturated heterocycles. The summed E-state index contributed by atoms with van der Waals surface area (Å²) in [7, 11) is 3.26. The molecule has 4 nitrogen and oxygen atoms in total. The number of nitrogens with one attached hydrogen (secondary N) is 1. The van der Waals surface area contributed by atoms with Crippen molar-refractivity contribution in [3.05, 3.63) is 75.5 Å². The SMILES string of the molecule is COc1cc2c(cc1OC)C(c1cccc(C3CCCC3)c1)=C(c1cccs1)CC(=O)N2. The highest BCUT2D eigenvalue weighted by molar-refractivity contribution is 7.11. The van der Waals surface area contributed by atoms with Crippen LogP contribution in [0.3, 0.4) is 0 Å². The van der Waals surface area contributed by atoms with Crippen molar-refractivity contribution in [1.82, 2.24) is 0 Å². The van der Waals surface area contributed by atoms with E-state index in [-0.39, 0.29) is 5.91 Å². The molecule has 1 aliphatic heterocycles. The predicted molar refractivity (Wildman–Crippen MR) is 131 cm³/mol. The van der Waals surface area contributed by atoms with Gasteiger partial charge in [0, 0.05) is 16.5 Å². The molecule has 32 heavy (non-hydrogen) atoms. The molecule has 2 heterocycles. The number of benzene rings is 2. The fourth-order valence-electron chi connectivity index (χ4n) is 4.99. The second-order valence-electron chi connectivity index (χ2n) is 8.42. The fourth-order valence-corrected chi connectivity index (χ4v) is 5.77. The lowest BCUT2D eigenvalue weighted by Crippen LogP contribution is -2.10. The molecule has 3 aromatic rings. The Morgan fingerprint density at radius 3 is 2.47 bits per heavy atom. The molecule has 1 amide bonds. The summed E-state index contributed by atoms with van der Waals surface area (Å²) in [5, 5.41) is 5.16. The van der Waals surface area contributed by atoms with Gasteiger partial charge in [0.1, 0.15) is 0 Å².